The molecule has 0 unspecified atom stereocenters. The monoisotopic (exact) mass is 244 g/mol. The highest BCUT2D eigenvalue weighted by Gasteiger charge is 2.23. The summed E-state index contributed by atoms with van der Waals surface area (Å²) in [4.78, 5) is 11.9. The van der Waals surface area contributed by atoms with Crippen LogP contribution in [0.25, 0.3) is 5.57 Å². The summed E-state index contributed by atoms with van der Waals surface area (Å²) in [5.74, 6) is 0.0422. The van der Waals surface area contributed by atoms with E-state index >= 15 is 0 Å². The van der Waals surface area contributed by atoms with Gasteiger partial charge in [0.2, 0.25) is 0 Å². The summed E-state index contributed by atoms with van der Waals surface area (Å²) in [7, 11) is 1.93. The first-order chi connectivity index (χ1) is 8.54. The molecule has 0 bridgehead atoms. The van der Waals surface area contributed by atoms with Gasteiger partial charge in [-0.05, 0) is 43.9 Å². The van der Waals surface area contributed by atoms with Crippen LogP contribution in [0.15, 0.2) is 23.9 Å². The second-order valence-corrected chi connectivity index (χ2v) is 4.85. The molecule has 0 atom stereocenters. The maximum absolute atomic E-state index is 11.9. The van der Waals surface area contributed by atoms with Crippen LogP contribution in [0.5, 0.6) is 0 Å². The number of rotatable bonds is 2. The van der Waals surface area contributed by atoms with Gasteiger partial charge < -0.3 is 9.88 Å². The fraction of sp³-hybridized carbons (Fsp3) is 0.400. The molecule has 18 heavy (non-hydrogen) atoms. The molecule has 3 nitrogen and oxygen atoms in total. The Hall–Kier alpha value is -1.77. The lowest BCUT2D eigenvalue weighted by Crippen LogP contribution is -2.33. The van der Waals surface area contributed by atoms with Crippen LogP contribution in [0.2, 0.25) is 0 Å². The summed E-state index contributed by atoms with van der Waals surface area (Å²) >= 11 is 0. The third kappa shape index (κ3) is 2.13. The van der Waals surface area contributed by atoms with Crippen LogP contribution in [0.1, 0.15) is 42.4 Å². The summed E-state index contributed by atoms with van der Waals surface area (Å²) in [6.07, 6.45) is 7.23. The number of aryl methyl sites for hydroxylation is 1. The van der Waals surface area contributed by atoms with Gasteiger partial charge in [-0.25, -0.2) is 0 Å². The highest BCUT2D eigenvalue weighted by atomic mass is 16.2. The quantitative estimate of drug-likeness (QED) is 0.797. The Balaban J connectivity index is 2.51. The van der Waals surface area contributed by atoms with E-state index in [2.05, 4.69) is 37.5 Å². The predicted molar refractivity (Wildman–Crippen MR) is 74.5 cm³/mol. The van der Waals surface area contributed by atoms with Crippen molar-refractivity contribution >= 4 is 11.5 Å². The molecule has 1 N–H and O–H groups in total. The molecule has 0 aliphatic carbocycles. The van der Waals surface area contributed by atoms with Crippen molar-refractivity contribution in [2.24, 2.45) is 7.05 Å². The minimum Gasteiger partial charge on any atom is -0.350 e. The molecule has 1 aliphatic heterocycles. The first-order valence-electron chi connectivity index (χ1n) is 6.32. The van der Waals surface area contributed by atoms with Crippen LogP contribution in [-0.4, -0.2) is 17.0 Å². The van der Waals surface area contributed by atoms with Gasteiger partial charge in [-0.3, -0.25) is 4.79 Å². The Morgan fingerprint density at radius 1 is 1.44 bits per heavy atom. The molecule has 0 radical (unpaired) electrons. The first kappa shape index (κ1) is 12.7. The number of carbonyl (C=O) groups is 1. The van der Waals surface area contributed by atoms with Gasteiger partial charge in [0.05, 0.1) is 0 Å². The van der Waals surface area contributed by atoms with Gasteiger partial charge in [-0.2, -0.15) is 0 Å². The minimum atomic E-state index is 0.0422. The van der Waals surface area contributed by atoms with E-state index < -0.39 is 0 Å². The van der Waals surface area contributed by atoms with Gasteiger partial charge in [0.15, 0.2) is 0 Å². The molecule has 2 rings (SSSR count). The van der Waals surface area contributed by atoms with Crippen molar-refractivity contribution in [3.8, 4) is 0 Å². The zero-order valence-corrected chi connectivity index (χ0v) is 11.5. The molecule has 0 fully saturated rings. The smallest absolute Gasteiger partial charge is 0.268 e. The standard InChI is InChI=1S/C15H20N2O/c1-5-10(2)8-11(3)13-9-17(4)14-12(13)6-7-16-15(14)18/h5,8-9H,6-7H2,1-4H3,(H,16,18). The van der Waals surface area contributed by atoms with Crippen molar-refractivity contribution in [1.29, 1.82) is 0 Å². The fourth-order valence-corrected chi connectivity index (χ4v) is 2.45. The van der Waals surface area contributed by atoms with Gasteiger partial charge >= 0.3 is 0 Å². The number of fused-ring (bicyclic) bond motifs is 1. The van der Waals surface area contributed by atoms with E-state index in [1.54, 1.807) is 0 Å². The summed E-state index contributed by atoms with van der Waals surface area (Å²) in [6, 6.07) is 0. The number of allylic oxidation sites excluding steroid dienone is 4. The van der Waals surface area contributed by atoms with E-state index in [-0.39, 0.29) is 5.91 Å². The summed E-state index contributed by atoms with van der Waals surface area (Å²) in [5.41, 5.74) is 5.65. The zero-order valence-electron chi connectivity index (χ0n) is 11.5. The lowest BCUT2D eigenvalue weighted by molar-refractivity contribution is 0.0937. The molecule has 1 aliphatic rings. The molecule has 0 saturated heterocycles. The summed E-state index contributed by atoms with van der Waals surface area (Å²) in [6.45, 7) is 6.96. The fourth-order valence-electron chi connectivity index (χ4n) is 2.45. The second-order valence-electron chi connectivity index (χ2n) is 4.85. The molecule has 1 amide bonds. The van der Waals surface area contributed by atoms with Crippen molar-refractivity contribution in [3.63, 3.8) is 0 Å². The molecule has 1 aromatic rings. The molecule has 0 saturated carbocycles. The molecule has 96 valence electrons. The van der Waals surface area contributed by atoms with E-state index in [4.69, 9.17) is 0 Å². The normalized spacial score (nSPS) is 16.6. The Bertz CT molecular complexity index is 547. The largest absolute Gasteiger partial charge is 0.350 e. The van der Waals surface area contributed by atoms with Crippen LogP contribution in [-0.2, 0) is 13.5 Å². The topological polar surface area (TPSA) is 34.0 Å². The first-order valence-corrected chi connectivity index (χ1v) is 6.32. The van der Waals surface area contributed by atoms with Crippen molar-refractivity contribution in [3.05, 3.63) is 40.7 Å². The third-order valence-electron chi connectivity index (χ3n) is 3.49. The highest BCUT2D eigenvalue weighted by molar-refractivity contribution is 5.97. The Kier molecular flexibility index (Phi) is 3.41. The van der Waals surface area contributed by atoms with Gasteiger partial charge in [0.25, 0.3) is 5.91 Å². The molecule has 3 heteroatoms. The van der Waals surface area contributed by atoms with Crippen molar-refractivity contribution in [1.82, 2.24) is 9.88 Å². The average molecular weight is 244 g/mol. The lowest BCUT2D eigenvalue weighted by Gasteiger charge is -2.15. The highest BCUT2D eigenvalue weighted by Crippen LogP contribution is 2.27. The van der Waals surface area contributed by atoms with Crippen LogP contribution in [0.3, 0.4) is 0 Å². The van der Waals surface area contributed by atoms with Crippen molar-refractivity contribution < 1.29 is 4.79 Å². The van der Waals surface area contributed by atoms with Crippen LogP contribution in [0, 0.1) is 0 Å². The molecule has 2 heterocycles. The van der Waals surface area contributed by atoms with Gasteiger partial charge in [0, 0.05) is 19.8 Å². The van der Waals surface area contributed by atoms with Crippen LogP contribution < -0.4 is 5.32 Å². The van der Waals surface area contributed by atoms with E-state index in [0.717, 1.165) is 18.7 Å². The number of hydrogen-bond donors (Lipinski definition) is 1. The Labute approximate surface area is 108 Å². The second kappa shape index (κ2) is 4.84. The van der Waals surface area contributed by atoms with Crippen molar-refractivity contribution in [2.45, 2.75) is 27.2 Å². The van der Waals surface area contributed by atoms with Gasteiger partial charge in [-0.1, -0.05) is 17.7 Å². The van der Waals surface area contributed by atoms with E-state index in [9.17, 15) is 4.79 Å². The maximum Gasteiger partial charge on any atom is 0.268 e. The number of amides is 1. The number of hydrogen-bond acceptors (Lipinski definition) is 1. The zero-order chi connectivity index (χ0) is 13.3. The average Bonchev–Trinajstić information content (AvgIpc) is 2.68. The maximum atomic E-state index is 11.9. The lowest BCUT2D eigenvalue weighted by atomic mass is 9.98. The minimum absolute atomic E-state index is 0.0422. The predicted octanol–water partition coefficient (Wildman–Crippen LogP) is 2.68. The number of carbonyl (C=O) groups excluding carboxylic acids is 1. The summed E-state index contributed by atoms with van der Waals surface area (Å²) < 4.78 is 1.93. The summed E-state index contributed by atoms with van der Waals surface area (Å²) in [5, 5.41) is 2.89. The SMILES string of the molecule is CC=C(C)C=C(C)c1cn(C)c2c1CCNC2=O. The Morgan fingerprint density at radius 2 is 2.17 bits per heavy atom. The molecule has 1 aromatic heterocycles. The Morgan fingerprint density at radius 3 is 2.83 bits per heavy atom. The van der Waals surface area contributed by atoms with E-state index in [1.165, 1.54) is 22.3 Å². The number of nitrogens with one attached hydrogen (secondary N) is 1. The van der Waals surface area contributed by atoms with Crippen molar-refractivity contribution in [2.75, 3.05) is 6.54 Å². The van der Waals surface area contributed by atoms with E-state index in [1.807, 2.05) is 18.5 Å². The molecule has 0 spiro atoms. The molecular weight excluding hydrogens is 224 g/mol. The van der Waals surface area contributed by atoms with Gasteiger partial charge in [-0.15, -0.1) is 0 Å². The van der Waals surface area contributed by atoms with Crippen LogP contribution in [0.4, 0.5) is 0 Å². The van der Waals surface area contributed by atoms with E-state index in [0.29, 0.717) is 0 Å². The van der Waals surface area contributed by atoms with Crippen LogP contribution >= 0.6 is 0 Å². The molecular formula is C15H20N2O. The molecule has 0 aromatic carbocycles. The van der Waals surface area contributed by atoms with Gasteiger partial charge in [0.1, 0.15) is 5.69 Å². The number of nitrogens with zero attached hydrogens (tertiary/aromatic N) is 1. The third-order valence-corrected chi connectivity index (χ3v) is 3.49. The number of aromatic nitrogens is 1.